The van der Waals surface area contributed by atoms with Crippen LogP contribution in [0.3, 0.4) is 0 Å². The summed E-state index contributed by atoms with van der Waals surface area (Å²) < 4.78 is 5.69. The first-order valence-corrected chi connectivity index (χ1v) is 8.26. The second kappa shape index (κ2) is 8.57. The van der Waals surface area contributed by atoms with E-state index in [9.17, 15) is 14.8 Å². The molecule has 0 atom stereocenters. The molecule has 3 rings (SSSR count). The van der Waals surface area contributed by atoms with Crippen molar-refractivity contribution in [3.8, 4) is 0 Å². The van der Waals surface area contributed by atoms with Gasteiger partial charge in [-0.25, -0.2) is 9.52 Å². The van der Waals surface area contributed by atoms with Crippen LogP contribution in [0.15, 0.2) is 73.1 Å². The minimum atomic E-state index is -0.656. The number of nitrogens with zero attached hydrogens (tertiary/aromatic N) is 2. The molecule has 7 nitrogen and oxygen atoms in total. The van der Waals surface area contributed by atoms with Gasteiger partial charge in [-0.2, -0.15) is 0 Å². The molecule has 1 aromatic heterocycles. The minimum Gasteiger partial charge on any atom is -0.711 e. The largest absolute Gasteiger partial charge is 0.711 e. The Morgan fingerprint density at radius 2 is 1.78 bits per heavy atom. The normalized spacial score (nSPS) is 10.2. The third kappa shape index (κ3) is 4.88. The van der Waals surface area contributed by atoms with Crippen molar-refractivity contribution in [2.45, 2.75) is 13.0 Å². The molecule has 2 aromatic carbocycles. The van der Waals surface area contributed by atoms with Crippen LogP contribution >= 0.6 is 0 Å². The first-order valence-electron chi connectivity index (χ1n) is 8.26. The number of amides is 1. The molecule has 0 aliphatic carbocycles. The predicted molar refractivity (Wildman–Crippen MR) is 97.5 cm³/mol. The van der Waals surface area contributed by atoms with Crippen LogP contribution in [-0.2, 0) is 22.6 Å². The maximum Gasteiger partial charge on any atom is 0.340 e. The number of aromatic nitrogens is 2. The Balaban J connectivity index is 1.67. The van der Waals surface area contributed by atoms with Crippen LogP contribution in [0.4, 0.5) is 5.69 Å². The molecule has 0 aliphatic rings. The van der Waals surface area contributed by atoms with Crippen LogP contribution in [-0.4, -0.2) is 16.9 Å². The number of hydrogen-bond donors (Lipinski definition) is 1. The molecule has 0 spiro atoms. The van der Waals surface area contributed by atoms with Crippen molar-refractivity contribution in [3.63, 3.8) is 0 Å². The molecule has 136 valence electrons. The van der Waals surface area contributed by atoms with E-state index in [1.807, 2.05) is 30.3 Å². The molecule has 0 unspecified atom stereocenters. The van der Waals surface area contributed by atoms with Crippen LogP contribution in [0.2, 0.25) is 0 Å². The Morgan fingerprint density at radius 1 is 1.04 bits per heavy atom. The molecular weight excluding hydrogens is 346 g/mol. The van der Waals surface area contributed by atoms with E-state index in [2.05, 4.69) is 10.3 Å². The number of ether oxygens (including phenoxy) is 1. The summed E-state index contributed by atoms with van der Waals surface area (Å²) in [7, 11) is 0. The lowest BCUT2D eigenvalue weighted by atomic mass is 10.1. The molecule has 0 saturated heterocycles. The summed E-state index contributed by atoms with van der Waals surface area (Å²) in [6.07, 6.45) is 2.90. The SMILES string of the molecule is O=C(Cc1ccccc1)Nc1ccccc1C(=O)OCc1nccc[n+]1[O-]. The van der Waals surface area contributed by atoms with Gasteiger partial charge in [0.25, 0.3) is 0 Å². The molecule has 0 saturated carbocycles. The molecule has 3 aromatic rings. The number of rotatable bonds is 6. The highest BCUT2D eigenvalue weighted by Gasteiger charge is 2.17. The van der Waals surface area contributed by atoms with E-state index in [0.29, 0.717) is 10.4 Å². The van der Waals surface area contributed by atoms with E-state index in [4.69, 9.17) is 4.74 Å². The van der Waals surface area contributed by atoms with E-state index >= 15 is 0 Å². The molecule has 7 heteroatoms. The maximum absolute atomic E-state index is 12.4. The van der Waals surface area contributed by atoms with Crippen LogP contribution < -0.4 is 10.0 Å². The summed E-state index contributed by atoms with van der Waals surface area (Å²) in [4.78, 5) is 28.5. The fraction of sp³-hybridized carbons (Fsp3) is 0.100. The van der Waals surface area contributed by atoms with Crippen molar-refractivity contribution in [2.75, 3.05) is 5.32 Å². The van der Waals surface area contributed by atoms with Crippen molar-refractivity contribution in [1.29, 1.82) is 0 Å². The number of esters is 1. The molecular formula is C20H17N3O4. The van der Waals surface area contributed by atoms with Crippen LogP contribution in [0.1, 0.15) is 21.7 Å². The summed E-state index contributed by atoms with van der Waals surface area (Å²) in [5.74, 6) is -0.837. The molecule has 1 N–H and O–H groups in total. The molecule has 1 heterocycles. The molecule has 27 heavy (non-hydrogen) atoms. The van der Waals surface area contributed by atoms with Gasteiger partial charge in [0, 0.05) is 6.07 Å². The molecule has 0 bridgehead atoms. The fourth-order valence-electron chi connectivity index (χ4n) is 2.44. The Morgan fingerprint density at radius 3 is 2.56 bits per heavy atom. The van der Waals surface area contributed by atoms with Crippen LogP contribution in [0.5, 0.6) is 0 Å². The molecule has 0 aliphatic heterocycles. The topological polar surface area (TPSA) is 95.2 Å². The van der Waals surface area contributed by atoms with Crippen molar-refractivity contribution in [2.24, 2.45) is 0 Å². The summed E-state index contributed by atoms with van der Waals surface area (Å²) >= 11 is 0. The number of carbonyl (C=O) groups excluding carboxylic acids is 2. The average Bonchev–Trinajstić information content (AvgIpc) is 2.68. The zero-order chi connectivity index (χ0) is 19.1. The third-order valence-corrected chi connectivity index (χ3v) is 3.75. The van der Waals surface area contributed by atoms with Gasteiger partial charge in [0.05, 0.1) is 23.9 Å². The number of para-hydroxylation sites is 1. The van der Waals surface area contributed by atoms with Gasteiger partial charge in [-0.1, -0.05) is 42.5 Å². The highest BCUT2D eigenvalue weighted by Crippen LogP contribution is 2.17. The lowest BCUT2D eigenvalue weighted by Crippen LogP contribution is -2.33. The van der Waals surface area contributed by atoms with Gasteiger partial charge in [-0.15, -0.1) is 0 Å². The average molecular weight is 363 g/mol. The zero-order valence-corrected chi connectivity index (χ0v) is 14.4. The zero-order valence-electron chi connectivity index (χ0n) is 14.4. The van der Waals surface area contributed by atoms with Gasteiger partial charge in [0.1, 0.15) is 6.20 Å². The first-order chi connectivity index (χ1) is 13.1. The summed E-state index contributed by atoms with van der Waals surface area (Å²) in [5.41, 5.74) is 1.41. The Labute approximate surface area is 155 Å². The molecule has 0 radical (unpaired) electrons. The van der Waals surface area contributed by atoms with E-state index in [-0.39, 0.29) is 30.3 Å². The fourth-order valence-corrected chi connectivity index (χ4v) is 2.44. The smallest absolute Gasteiger partial charge is 0.340 e. The number of carbonyl (C=O) groups is 2. The third-order valence-electron chi connectivity index (χ3n) is 3.75. The monoisotopic (exact) mass is 363 g/mol. The molecule has 0 fully saturated rings. The maximum atomic E-state index is 12.4. The van der Waals surface area contributed by atoms with Gasteiger partial charge in [-0.3, -0.25) is 4.79 Å². The lowest BCUT2D eigenvalue weighted by molar-refractivity contribution is -0.620. The Kier molecular flexibility index (Phi) is 5.73. The summed E-state index contributed by atoms with van der Waals surface area (Å²) in [6, 6.07) is 17.3. The highest BCUT2D eigenvalue weighted by atomic mass is 16.5. The van der Waals surface area contributed by atoms with E-state index < -0.39 is 5.97 Å². The second-order valence-corrected chi connectivity index (χ2v) is 5.69. The highest BCUT2D eigenvalue weighted by molar-refractivity contribution is 6.01. The minimum absolute atomic E-state index is 0.0662. The number of nitrogens with one attached hydrogen (secondary N) is 1. The van der Waals surface area contributed by atoms with Crippen molar-refractivity contribution < 1.29 is 19.1 Å². The van der Waals surface area contributed by atoms with Crippen LogP contribution in [0, 0.1) is 5.21 Å². The van der Waals surface area contributed by atoms with Gasteiger partial charge in [0.15, 0.2) is 6.61 Å². The quantitative estimate of drug-likeness (QED) is 0.412. The lowest BCUT2D eigenvalue weighted by Gasteiger charge is -2.11. The van der Waals surface area contributed by atoms with Gasteiger partial charge < -0.3 is 15.3 Å². The second-order valence-electron chi connectivity index (χ2n) is 5.69. The Hall–Kier alpha value is -3.74. The van der Waals surface area contributed by atoms with E-state index in [0.717, 1.165) is 5.56 Å². The molecule has 1 amide bonds. The van der Waals surface area contributed by atoms with Crippen LogP contribution in [0.25, 0.3) is 0 Å². The van der Waals surface area contributed by atoms with E-state index in [1.54, 1.807) is 24.3 Å². The van der Waals surface area contributed by atoms with Gasteiger partial charge in [0.2, 0.25) is 5.91 Å². The Bertz CT molecular complexity index is 945. The van der Waals surface area contributed by atoms with Crippen molar-refractivity contribution in [3.05, 3.63) is 95.2 Å². The first kappa shape index (κ1) is 18.1. The van der Waals surface area contributed by atoms with Crippen molar-refractivity contribution in [1.82, 2.24) is 4.98 Å². The van der Waals surface area contributed by atoms with E-state index in [1.165, 1.54) is 18.5 Å². The summed E-state index contributed by atoms with van der Waals surface area (Å²) in [6.45, 7) is -0.268. The number of hydrogen-bond acceptors (Lipinski definition) is 5. The predicted octanol–water partition coefficient (Wildman–Crippen LogP) is 2.25. The van der Waals surface area contributed by atoms with Gasteiger partial charge >= 0.3 is 11.8 Å². The van der Waals surface area contributed by atoms with Crippen molar-refractivity contribution >= 4 is 17.6 Å². The standard InChI is InChI=1S/C20H17N3O4/c24-19(13-15-7-2-1-3-8-15)22-17-10-5-4-9-16(17)20(25)27-14-18-21-11-6-12-23(18)26/h1-12H,13-14H2,(H,22,24). The van der Waals surface area contributed by atoms with Gasteiger partial charge in [-0.05, 0) is 22.7 Å². The summed E-state index contributed by atoms with van der Waals surface area (Å²) in [5, 5.41) is 14.3. The number of benzene rings is 2. The number of anilines is 1.